The van der Waals surface area contributed by atoms with Crippen molar-refractivity contribution in [2.24, 2.45) is 0 Å². The molecule has 0 radical (unpaired) electrons. The summed E-state index contributed by atoms with van der Waals surface area (Å²) >= 11 is 0. The number of carbonyl (C=O) groups is 2. The van der Waals surface area contributed by atoms with E-state index in [0.717, 1.165) is 0 Å². The molecule has 2 N–H and O–H groups in total. The number of carbonyl (C=O) groups excluding carboxylic acids is 1. The fourth-order valence-corrected chi connectivity index (χ4v) is 1.84. The van der Waals surface area contributed by atoms with Crippen LogP contribution in [-0.2, 0) is 9.53 Å². The molecule has 112 valence electrons. The molecule has 0 bridgehead atoms. The predicted molar refractivity (Wildman–Crippen MR) is 70.3 cm³/mol. The van der Waals surface area contributed by atoms with E-state index in [1.165, 1.54) is 0 Å². The normalized spacial score (nSPS) is 12.8. The Kier molecular flexibility index (Phi) is 4.75. The van der Waals surface area contributed by atoms with Gasteiger partial charge in [-0.1, -0.05) is 5.16 Å². The van der Waals surface area contributed by atoms with Crippen LogP contribution < -0.4 is 5.32 Å². The van der Waals surface area contributed by atoms with Crippen molar-refractivity contribution in [2.45, 2.75) is 52.7 Å². The fraction of sp³-hybridized carbons (Fsp3) is 0.615. The summed E-state index contributed by atoms with van der Waals surface area (Å²) in [6.45, 7) is 8.55. The largest absolute Gasteiger partial charge is 0.481 e. The Morgan fingerprint density at radius 1 is 1.40 bits per heavy atom. The Morgan fingerprint density at radius 2 is 2.00 bits per heavy atom. The molecule has 0 aliphatic rings. The smallest absolute Gasteiger partial charge is 0.408 e. The minimum atomic E-state index is -1.04. The van der Waals surface area contributed by atoms with Crippen LogP contribution in [0.5, 0.6) is 0 Å². The van der Waals surface area contributed by atoms with Gasteiger partial charge in [0.05, 0.1) is 18.2 Å². The van der Waals surface area contributed by atoms with E-state index in [-0.39, 0.29) is 6.42 Å². The molecular formula is C13H20N2O5. The van der Waals surface area contributed by atoms with Crippen molar-refractivity contribution in [1.29, 1.82) is 0 Å². The van der Waals surface area contributed by atoms with Crippen LogP contribution in [0.4, 0.5) is 4.79 Å². The van der Waals surface area contributed by atoms with Crippen molar-refractivity contribution in [2.75, 3.05) is 0 Å². The van der Waals surface area contributed by atoms with Crippen LogP contribution in [-0.4, -0.2) is 27.9 Å². The number of aryl methyl sites for hydroxylation is 2. The second-order valence-corrected chi connectivity index (χ2v) is 5.53. The lowest BCUT2D eigenvalue weighted by Gasteiger charge is -2.23. The highest BCUT2D eigenvalue weighted by atomic mass is 16.6. The number of aromatic nitrogens is 1. The number of carboxylic acids is 1. The van der Waals surface area contributed by atoms with Crippen molar-refractivity contribution in [3.63, 3.8) is 0 Å². The van der Waals surface area contributed by atoms with Crippen LogP contribution in [0.3, 0.4) is 0 Å². The quantitative estimate of drug-likeness (QED) is 0.879. The minimum absolute atomic E-state index is 0.276. The number of hydrogen-bond acceptors (Lipinski definition) is 5. The first-order valence-electron chi connectivity index (χ1n) is 6.24. The van der Waals surface area contributed by atoms with E-state index in [1.807, 2.05) is 0 Å². The molecule has 7 nitrogen and oxygen atoms in total. The van der Waals surface area contributed by atoms with Crippen LogP contribution >= 0.6 is 0 Å². The van der Waals surface area contributed by atoms with Gasteiger partial charge in [-0.05, 0) is 34.6 Å². The summed E-state index contributed by atoms with van der Waals surface area (Å²) in [6, 6.07) is -0.742. The monoisotopic (exact) mass is 284 g/mol. The molecule has 7 heteroatoms. The van der Waals surface area contributed by atoms with E-state index >= 15 is 0 Å². The standard InChI is InChI=1S/C13H20N2O5/c1-7-11(8(2)20-15-7)9(6-10(16)17)14-12(18)19-13(3,4)5/h9H,6H2,1-5H3,(H,14,18)(H,16,17). The summed E-state index contributed by atoms with van der Waals surface area (Å²) in [7, 11) is 0. The summed E-state index contributed by atoms with van der Waals surface area (Å²) in [4.78, 5) is 22.7. The lowest BCUT2D eigenvalue weighted by atomic mass is 10.0. The molecule has 0 saturated carbocycles. The van der Waals surface area contributed by atoms with E-state index in [1.54, 1.807) is 34.6 Å². The van der Waals surface area contributed by atoms with Crippen molar-refractivity contribution in [1.82, 2.24) is 10.5 Å². The van der Waals surface area contributed by atoms with Crippen molar-refractivity contribution < 1.29 is 24.0 Å². The molecule has 1 heterocycles. The molecule has 0 spiro atoms. The molecule has 0 aromatic carbocycles. The second-order valence-electron chi connectivity index (χ2n) is 5.53. The van der Waals surface area contributed by atoms with Gasteiger partial charge >= 0.3 is 12.1 Å². The number of carboxylic acid groups (broad SMARTS) is 1. The third kappa shape index (κ3) is 4.56. The maximum atomic E-state index is 11.8. The lowest BCUT2D eigenvalue weighted by Crippen LogP contribution is -2.36. The summed E-state index contributed by atoms with van der Waals surface area (Å²) in [5, 5.41) is 15.3. The molecule has 0 fully saturated rings. The van der Waals surface area contributed by atoms with Crippen molar-refractivity contribution >= 4 is 12.1 Å². The zero-order valence-electron chi connectivity index (χ0n) is 12.3. The molecule has 0 aliphatic carbocycles. The Hall–Kier alpha value is -2.05. The minimum Gasteiger partial charge on any atom is -0.481 e. The molecule has 1 unspecified atom stereocenters. The van der Waals surface area contributed by atoms with Crippen LogP contribution in [0.1, 0.15) is 50.3 Å². The number of alkyl carbamates (subject to hydrolysis) is 1. The first-order chi connectivity index (χ1) is 9.10. The van der Waals surface area contributed by atoms with Gasteiger partial charge in [-0.25, -0.2) is 4.79 Å². The van der Waals surface area contributed by atoms with Crippen molar-refractivity contribution in [3.05, 3.63) is 17.0 Å². The second kappa shape index (κ2) is 5.94. The maximum absolute atomic E-state index is 11.8. The zero-order chi connectivity index (χ0) is 15.5. The summed E-state index contributed by atoms with van der Waals surface area (Å²) in [6.07, 6.45) is -0.953. The third-order valence-corrected chi connectivity index (χ3v) is 2.51. The SMILES string of the molecule is Cc1noc(C)c1C(CC(=O)O)NC(=O)OC(C)(C)C. The third-order valence-electron chi connectivity index (χ3n) is 2.51. The number of aliphatic carboxylic acids is 1. The lowest BCUT2D eigenvalue weighted by molar-refractivity contribution is -0.137. The molecular weight excluding hydrogens is 264 g/mol. The van der Waals surface area contributed by atoms with E-state index in [9.17, 15) is 9.59 Å². The summed E-state index contributed by atoms with van der Waals surface area (Å²) < 4.78 is 10.1. The van der Waals surface area contributed by atoms with Gasteiger partial charge in [0.15, 0.2) is 0 Å². The summed E-state index contributed by atoms with van der Waals surface area (Å²) in [5.41, 5.74) is 0.458. The molecule has 1 aromatic heterocycles. The molecule has 20 heavy (non-hydrogen) atoms. The fourth-order valence-electron chi connectivity index (χ4n) is 1.84. The number of rotatable bonds is 4. The summed E-state index contributed by atoms with van der Waals surface area (Å²) in [5.74, 6) is -0.559. The highest BCUT2D eigenvalue weighted by Crippen LogP contribution is 2.24. The van der Waals surface area contributed by atoms with Crippen LogP contribution in [0, 0.1) is 13.8 Å². The molecule has 0 aliphatic heterocycles. The van der Waals surface area contributed by atoms with Gasteiger partial charge in [-0.2, -0.15) is 0 Å². The van der Waals surface area contributed by atoms with Gasteiger partial charge in [0, 0.05) is 5.56 Å². The molecule has 1 atom stereocenters. The average molecular weight is 284 g/mol. The maximum Gasteiger partial charge on any atom is 0.408 e. The Bertz CT molecular complexity index is 482. The van der Waals surface area contributed by atoms with Gasteiger partial charge in [-0.3, -0.25) is 4.79 Å². The van der Waals surface area contributed by atoms with Crippen molar-refractivity contribution in [3.8, 4) is 0 Å². The number of ether oxygens (including phenoxy) is 1. The molecule has 0 saturated heterocycles. The number of nitrogens with zero attached hydrogens (tertiary/aromatic N) is 1. The first-order valence-corrected chi connectivity index (χ1v) is 6.24. The van der Waals surface area contributed by atoms with Crippen LogP contribution in [0.15, 0.2) is 4.52 Å². The van der Waals surface area contributed by atoms with E-state index in [0.29, 0.717) is 17.0 Å². The highest BCUT2D eigenvalue weighted by molar-refractivity contribution is 5.72. The van der Waals surface area contributed by atoms with Gasteiger partial charge in [-0.15, -0.1) is 0 Å². The van der Waals surface area contributed by atoms with Gasteiger partial charge < -0.3 is 19.7 Å². The Labute approximate surface area is 117 Å². The zero-order valence-corrected chi connectivity index (χ0v) is 12.3. The molecule has 1 rings (SSSR count). The van der Waals surface area contributed by atoms with E-state index in [4.69, 9.17) is 14.4 Å². The van der Waals surface area contributed by atoms with Gasteiger partial charge in [0.2, 0.25) is 0 Å². The first kappa shape index (κ1) is 16.0. The van der Waals surface area contributed by atoms with E-state index in [2.05, 4.69) is 10.5 Å². The van der Waals surface area contributed by atoms with Crippen LogP contribution in [0.25, 0.3) is 0 Å². The predicted octanol–water partition coefficient (Wildman–Crippen LogP) is 2.33. The number of nitrogens with one attached hydrogen (secondary N) is 1. The Balaban J connectivity index is 2.91. The molecule has 1 amide bonds. The average Bonchev–Trinajstić information content (AvgIpc) is 2.53. The van der Waals surface area contributed by atoms with E-state index < -0.39 is 23.7 Å². The number of amides is 1. The topological polar surface area (TPSA) is 102 Å². The number of hydrogen-bond donors (Lipinski definition) is 2. The van der Waals surface area contributed by atoms with Crippen LogP contribution in [0.2, 0.25) is 0 Å². The highest BCUT2D eigenvalue weighted by Gasteiger charge is 2.26. The van der Waals surface area contributed by atoms with Gasteiger partial charge in [0.1, 0.15) is 11.4 Å². The molecule has 1 aromatic rings. The Morgan fingerprint density at radius 3 is 2.40 bits per heavy atom. The van der Waals surface area contributed by atoms with Gasteiger partial charge in [0.25, 0.3) is 0 Å².